The summed E-state index contributed by atoms with van der Waals surface area (Å²) in [5.41, 5.74) is 1.03. The number of halogens is 2. The molecule has 1 N–H and O–H groups in total. The van der Waals surface area contributed by atoms with Gasteiger partial charge in [0, 0.05) is 40.5 Å². The van der Waals surface area contributed by atoms with E-state index in [0.29, 0.717) is 32.3 Å². The summed E-state index contributed by atoms with van der Waals surface area (Å²) in [6, 6.07) is 10.9. The lowest BCUT2D eigenvalue weighted by molar-refractivity contribution is -0.384. The summed E-state index contributed by atoms with van der Waals surface area (Å²) in [6.45, 7) is 0. The number of rotatable bonds is 6. The zero-order chi connectivity index (χ0) is 20.3. The molecule has 2 aromatic carbocycles. The number of nitrogens with zero attached hydrogens (tertiary/aromatic N) is 4. The zero-order valence-electron chi connectivity index (χ0n) is 14.4. The van der Waals surface area contributed by atoms with Crippen LogP contribution in [0.2, 0.25) is 10.0 Å². The predicted molar refractivity (Wildman–Crippen MR) is 109 cm³/mol. The Kier molecular flexibility index (Phi) is 6.18. The summed E-state index contributed by atoms with van der Waals surface area (Å²) in [7, 11) is 1.73. The fraction of sp³-hybridized carbons (Fsp3) is 0.118. The van der Waals surface area contributed by atoms with E-state index in [1.54, 1.807) is 41.9 Å². The molecule has 1 aromatic heterocycles. The number of carbonyl (C=O) groups is 1. The van der Waals surface area contributed by atoms with Gasteiger partial charge in [-0.05, 0) is 18.2 Å². The molecule has 0 unspecified atom stereocenters. The van der Waals surface area contributed by atoms with Crippen molar-refractivity contribution in [2.45, 2.75) is 5.16 Å². The highest BCUT2D eigenvalue weighted by Crippen LogP contribution is 2.26. The first kappa shape index (κ1) is 20.1. The molecular weight excluding hydrogens is 425 g/mol. The minimum atomic E-state index is -0.470. The molecule has 8 nitrogen and oxygen atoms in total. The van der Waals surface area contributed by atoms with Crippen LogP contribution in [0.3, 0.4) is 0 Å². The summed E-state index contributed by atoms with van der Waals surface area (Å²) >= 11 is 13.0. The van der Waals surface area contributed by atoms with Crippen molar-refractivity contribution in [3.63, 3.8) is 0 Å². The van der Waals surface area contributed by atoms with Crippen molar-refractivity contribution < 1.29 is 9.72 Å². The van der Waals surface area contributed by atoms with Crippen LogP contribution < -0.4 is 5.32 Å². The average molecular weight is 438 g/mol. The van der Waals surface area contributed by atoms with Gasteiger partial charge in [-0.2, -0.15) is 0 Å². The number of anilines is 1. The number of nitro benzene ring substituents is 1. The van der Waals surface area contributed by atoms with Gasteiger partial charge in [-0.1, -0.05) is 47.1 Å². The van der Waals surface area contributed by atoms with E-state index in [1.807, 2.05) is 0 Å². The van der Waals surface area contributed by atoms with Crippen LogP contribution in [0.5, 0.6) is 0 Å². The average Bonchev–Trinajstić information content (AvgIpc) is 3.00. The summed E-state index contributed by atoms with van der Waals surface area (Å²) in [4.78, 5) is 22.6. The van der Waals surface area contributed by atoms with Crippen molar-refractivity contribution in [1.82, 2.24) is 14.8 Å². The molecule has 0 spiro atoms. The minimum Gasteiger partial charge on any atom is -0.325 e. The van der Waals surface area contributed by atoms with E-state index in [-0.39, 0.29) is 17.3 Å². The molecule has 0 radical (unpaired) electrons. The fourth-order valence-corrected chi connectivity index (χ4v) is 3.64. The highest BCUT2D eigenvalue weighted by atomic mass is 35.5. The number of nitrogens with one attached hydrogen (secondary N) is 1. The molecule has 3 rings (SSSR count). The molecule has 0 saturated heterocycles. The molecule has 0 aliphatic heterocycles. The monoisotopic (exact) mass is 437 g/mol. The third-order valence-electron chi connectivity index (χ3n) is 3.63. The van der Waals surface area contributed by atoms with Crippen LogP contribution in [0.25, 0.3) is 11.4 Å². The Hall–Kier alpha value is -2.62. The van der Waals surface area contributed by atoms with Crippen molar-refractivity contribution in [2.75, 3.05) is 11.1 Å². The first-order valence-electron chi connectivity index (χ1n) is 7.86. The van der Waals surface area contributed by atoms with Gasteiger partial charge in [0.05, 0.1) is 10.7 Å². The van der Waals surface area contributed by atoms with Gasteiger partial charge in [0.15, 0.2) is 11.0 Å². The molecule has 0 atom stereocenters. The van der Waals surface area contributed by atoms with Gasteiger partial charge in [-0.25, -0.2) is 0 Å². The Morgan fingerprint density at radius 2 is 1.93 bits per heavy atom. The maximum absolute atomic E-state index is 12.2. The summed E-state index contributed by atoms with van der Waals surface area (Å²) in [5, 5.41) is 23.1. The van der Waals surface area contributed by atoms with E-state index >= 15 is 0 Å². The molecule has 144 valence electrons. The largest absolute Gasteiger partial charge is 0.325 e. The van der Waals surface area contributed by atoms with Gasteiger partial charge in [-0.15, -0.1) is 10.2 Å². The molecule has 1 heterocycles. The SMILES string of the molecule is Cn1c(SCC(=O)Nc2cc(Cl)cc(Cl)c2)nnc1-c1cccc([N+](=O)[O-])c1. The molecule has 3 aromatic rings. The summed E-state index contributed by atoms with van der Waals surface area (Å²) < 4.78 is 1.67. The predicted octanol–water partition coefficient (Wildman–Crippen LogP) is 4.43. The number of amides is 1. The maximum atomic E-state index is 12.2. The standard InChI is InChI=1S/C17H13Cl2N5O3S/c1-23-16(10-3-2-4-14(5-10)24(26)27)21-22-17(23)28-9-15(25)20-13-7-11(18)6-12(19)8-13/h2-8H,9H2,1H3,(H,20,25). The number of non-ortho nitro benzene ring substituents is 1. The van der Waals surface area contributed by atoms with E-state index in [4.69, 9.17) is 23.2 Å². The molecule has 0 bridgehead atoms. The third kappa shape index (κ3) is 4.80. The van der Waals surface area contributed by atoms with Crippen LogP contribution in [0, 0.1) is 10.1 Å². The lowest BCUT2D eigenvalue weighted by Crippen LogP contribution is -2.14. The van der Waals surface area contributed by atoms with Crippen LogP contribution in [0.4, 0.5) is 11.4 Å². The summed E-state index contributed by atoms with van der Waals surface area (Å²) in [5.74, 6) is 0.293. The molecule has 28 heavy (non-hydrogen) atoms. The van der Waals surface area contributed by atoms with Gasteiger partial charge in [0.2, 0.25) is 5.91 Å². The smallest absolute Gasteiger partial charge is 0.270 e. The molecule has 0 aliphatic carbocycles. The molecular formula is C17H13Cl2N5O3S. The van der Waals surface area contributed by atoms with Gasteiger partial charge in [0.1, 0.15) is 0 Å². The molecule has 0 aliphatic rings. The second-order valence-corrected chi connectivity index (χ2v) is 7.48. The maximum Gasteiger partial charge on any atom is 0.270 e. The number of thioether (sulfide) groups is 1. The van der Waals surface area contributed by atoms with E-state index in [9.17, 15) is 14.9 Å². The van der Waals surface area contributed by atoms with Gasteiger partial charge >= 0.3 is 0 Å². The van der Waals surface area contributed by atoms with Crippen molar-refractivity contribution in [3.05, 3.63) is 62.6 Å². The Labute approximate surface area is 174 Å². The Morgan fingerprint density at radius 1 is 1.21 bits per heavy atom. The quantitative estimate of drug-likeness (QED) is 0.347. The number of hydrogen-bond acceptors (Lipinski definition) is 6. The summed E-state index contributed by atoms with van der Waals surface area (Å²) in [6.07, 6.45) is 0. The van der Waals surface area contributed by atoms with Crippen molar-refractivity contribution in [1.29, 1.82) is 0 Å². The van der Waals surface area contributed by atoms with Crippen molar-refractivity contribution in [3.8, 4) is 11.4 Å². The topological polar surface area (TPSA) is 103 Å². The Bertz CT molecular complexity index is 1040. The third-order valence-corrected chi connectivity index (χ3v) is 5.09. The number of carbonyl (C=O) groups excluding carboxylic acids is 1. The second-order valence-electron chi connectivity index (χ2n) is 5.67. The normalized spacial score (nSPS) is 10.7. The number of benzene rings is 2. The molecule has 0 saturated carbocycles. The van der Waals surface area contributed by atoms with Crippen molar-refractivity contribution in [2.24, 2.45) is 7.05 Å². The molecule has 11 heteroatoms. The van der Waals surface area contributed by atoms with Gasteiger partial charge < -0.3 is 9.88 Å². The first-order valence-corrected chi connectivity index (χ1v) is 9.60. The van der Waals surface area contributed by atoms with Gasteiger partial charge in [0.25, 0.3) is 5.69 Å². The van der Waals surface area contributed by atoms with Crippen molar-refractivity contribution >= 4 is 52.2 Å². The first-order chi connectivity index (χ1) is 13.3. The highest BCUT2D eigenvalue weighted by Gasteiger charge is 2.15. The van der Waals surface area contributed by atoms with Crippen LogP contribution in [0.1, 0.15) is 0 Å². The number of nitro groups is 1. The highest BCUT2D eigenvalue weighted by molar-refractivity contribution is 7.99. The number of aromatic nitrogens is 3. The van der Waals surface area contributed by atoms with E-state index in [0.717, 1.165) is 0 Å². The fourth-order valence-electron chi connectivity index (χ4n) is 2.40. The van der Waals surface area contributed by atoms with E-state index < -0.39 is 4.92 Å². The lowest BCUT2D eigenvalue weighted by atomic mass is 10.2. The second kappa shape index (κ2) is 8.59. The number of hydrogen-bond donors (Lipinski definition) is 1. The van der Waals surface area contributed by atoms with Crippen LogP contribution in [-0.4, -0.2) is 31.3 Å². The Balaban J connectivity index is 1.68. The minimum absolute atomic E-state index is 0.0331. The zero-order valence-corrected chi connectivity index (χ0v) is 16.8. The molecule has 1 amide bonds. The molecule has 0 fully saturated rings. The van der Waals surface area contributed by atoms with E-state index in [2.05, 4.69) is 15.5 Å². The van der Waals surface area contributed by atoms with Crippen LogP contribution in [-0.2, 0) is 11.8 Å². The van der Waals surface area contributed by atoms with Gasteiger partial charge in [-0.3, -0.25) is 14.9 Å². The lowest BCUT2D eigenvalue weighted by Gasteiger charge is -2.07. The van der Waals surface area contributed by atoms with E-state index in [1.165, 1.54) is 23.9 Å². The van der Waals surface area contributed by atoms with Crippen LogP contribution in [0.15, 0.2) is 47.6 Å². The Morgan fingerprint density at radius 3 is 2.61 bits per heavy atom. The van der Waals surface area contributed by atoms with Crippen LogP contribution >= 0.6 is 35.0 Å².